The van der Waals surface area contributed by atoms with Gasteiger partial charge in [0.25, 0.3) is 5.91 Å². The third-order valence-electron chi connectivity index (χ3n) is 1.14. The van der Waals surface area contributed by atoms with Gasteiger partial charge in [0.1, 0.15) is 11.9 Å². The molecule has 1 aromatic rings. The van der Waals surface area contributed by atoms with Crippen molar-refractivity contribution in [3.63, 3.8) is 0 Å². The summed E-state index contributed by atoms with van der Waals surface area (Å²) in [5.41, 5.74) is 0.193. The zero-order valence-electron chi connectivity index (χ0n) is 6.56. The van der Waals surface area contributed by atoms with E-state index in [0.717, 1.165) is 0 Å². The van der Waals surface area contributed by atoms with Gasteiger partial charge in [-0.2, -0.15) is 0 Å². The molecule has 0 saturated heterocycles. The lowest BCUT2D eigenvalue weighted by atomic mass is 10.4. The summed E-state index contributed by atoms with van der Waals surface area (Å²) >= 11 is 0. The van der Waals surface area contributed by atoms with Crippen molar-refractivity contribution >= 4 is 5.91 Å². The van der Waals surface area contributed by atoms with E-state index in [1.54, 1.807) is 0 Å². The van der Waals surface area contributed by atoms with Crippen molar-refractivity contribution in [1.29, 1.82) is 0 Å². The van der Waals surface area contributed by atoms with Gasteiger partial charge in [-0.3, -0.25) is 9.78 Å². The van der Waals surface area contributed by atoms with Gasteiger partial charge in [0, 0.05) is 12.4 Å². The van der Waals surface area contributed by atoms with Crippen LogP contribution in [0.1, 0.15) is 17.4 Å². The normalized spacial score (nSPS) is 12.2. The molecule has 1 atom stereocenters. The Bertz CT molecular complexity index is 261. The SMILES string of the molecule is CC(O)NC(=O)c1cnccn1. The van der Waals surface area contributed by atoms with Crippen molar-refractivity contribution in [1.82, 2.24) is 15.3 Å². The molecule has 2 N–H and O–H groups in total. The number of carbonyl (C=O) groups excluding carboxylic acids is 1. The van der Waals surface area contributed by atoms with Crippen LogP contribution in [0.3, 0.4) is 0 Å². The molecular formula is C7H9N3O2. The number of aliphatic hydroxyl groups is 1. The Morgan fingerprint density at radius 2 is 2.42 bits per heavy atom. The largest absolute Gasteiger partial charge is 0.374 e. The van der Waals surface area contributed by atoms with Crippen molar-refractivity contribution in [2.45, 2.75) is 13.2 Å². The Kier molecular flexibility index (Phi) is 2.71. The first-order chi connectivity index (χ1) is 5.70. The summed E-state index contributed by atoms with van der Waals surface area (Å²) in [4.78, 5) is 18.5. The summed E-state index contributed by atoms with van der Waals surface area (Å²) in [5, 5.41) is 11.1. The lowest BCUT2D eigenvalue weighted by Crippen LogP contribution is -2.32. The van der Waals surface area contributed by atoms with Crippen LogP contribution in [-0.4, -0.2) is 27.2 Å². The van der Waals surface area contributed by atoms with Crippen molar-refractivity contribution in [3.8, 4) is 0 Å². The fourth-order valence-electron chi connectivity index (χ4n) is 0.680. The van der Waals surface area contributed by atoms with E-state index < -0.39 is 12.1 Å². The minimum Gasteiger partial charge on any atom is -0.374 e. The maximum absolute atomic E-state index is 11.1. The Hall–Kier alpha value is -1.49. The number of hydrogen-bond donors (Lipinski definition) is 2. The molecule has 1 heterocycles. The highest BCUT2D eigenvalue weighted by molar-refractivity contribution is 5.91. The first-order valence-corrected chi connectivity index (χ1v) is 3.45. The van der Waals surface area contributed by atoms with Crippen LogP contribution in [0.2, 0.25) is 0 Å². The van der Waals surface area contributed by atoms with Crippen molar-refractivity contribution < 1.29 is 9.90 Å². The molecule has 5 heteroatoms. The zero-order chi connectivity index (χ0) is 8.97. The molecule has 5 nitrogen and oxygen atoms in total. The van der Waals surface area contributed by atoms with Gasteiger partial charge in [0.05, 0.1) is 6.20 Å². The van der Waals surface area contributed by atoms with Gasteiger partial charge in [0.2, 0.25) is 0 Å². The third-order valence-corrected chi connectivity index (χ3v) is 1.14. The molecule has 1 rings (SSSR count). The van der Waals surface area contributed by atoms with E-state index in [-0.39, 0.29) is 5.69 Å². The molecule has 0 saturated carbocycles. The smallest absolute Gasteiger partial charge is 0.273 e. The van der Waals surface area contributed by atoms with Crippen LogP contribution in [0.4, 0.5) is 0 Å². The Balaban J connectivity index is 2.66. The van der Waals surface area contributed by atoms with Crippen molar-refractivity contribution in [2.24, 2.45) is 0 Å². The van der Waals surface area contributed by atoms with Crippen molar-refractivity contribution in [3.05, 3.63) is 24.3 Å². The molecule has 0 spiro atoms. The van der Waals surface area contributed by atoms with Gasteiger partial charge in [-0.15, -0.1) is 0 Å². The molecule has 0 radical (unpaired) electrons. The molecule has 0 aliphatic rings. The summed E-state index contributed by atoms with van der Waals surface area (Å²) in [6, 6.07) is 0. The molecule has 1 aromatic heterocycles. The summed E-state index contributed by atoms with van der Waals surface area (Å²) in [5.74, 6) is -0.432. The summed E-state index contributed by atoms with van der Waals surface area (Å²) < 4.78 is 0. The van der Waals surface area contributed by atoms with Crippen LogP contribution in [0.15, 0.2) is 18.6 Å². The maximum atomic E-state index is 11.1. The van der Waals surface area contributed by atoms with Crippen molar-refractivity contribution in [2.75, 3.05) is 0 Å². The number of amides is 1. The second-order valence-corrected chi connectivity index (χ2v) is 2.24. The number of aromatic nitrogens is 2. The van der Waals surface area contributed by atoms with Gasteiger partial charge in [-0.25, -0.2) is 4.98 Å². The minimum atomic E-state index is -0.875. The molecular weight excluding hydrogens is 158 g/mol. The van der Waals surface area contributed by atoms with Crippen LogP contribution in [0, 0.1) is 0 Å². The molecule has 0 aliphatic heterocycles. The highest BCUT2D eigenvalue weighted by Crippen LogP contribution is 1.89. The average molecular weight is 167 g/mol. The standard InChI is InChI=1S/C7H9N3O2/c1-5(11)10-7(12)6-4-8-2-3-9-6/h2-5,11H,1H3,(H,10,12). The third kappa shape index (κ3) is 2.28. The fraction of sp³-hybridized carbons (Fsp3) is 0.286. The van der Waals surface area contributed by atoms with E-state index in [2.05, 4.69) is 15.3 Å². The average Bonchev–Trinajstić information content (AvgIpc) is 2.05. The van der Waals surface area contributed by atoms with Crippen LogP contribution in [0.5, 0.6) is 0 Å². The Labute approximate surface area is 69.5 Å². The number of nitrogens with one attached hydrogen (secondary N) is 1. The molecule has 0 fully saturated rings. The number of rotatable bonds is 2. The maximum Gasteiger partial charge on any atom is 0.273 e. The molecule has 64 valence electrons. The second kappa shape index (κ2) is 3.77. The van der Waals surface area contributed by atoms with Gasteiger partial charge in [-0.05, 0) is 6.92 Å². The topological polar surface area (TPSA) is 75.1 Å². The van der Waals surface area contributed by atoms with Gasteiger partial charge in [0.15, 0.2) is 0 Å². The summed E-state index contributed by atoms with van der Waals surface area (Å²) in [6.45, 7) is 1.45. The molecule has 0 bridgehead atoms. The highest BCUT2D eigenvalue weighted by atomic mass is 16.3. The predicted octanol–water partition coefficient (Wildman–Crippen LogP) is -0.455. The second-order valence-electron chi connectivity index (χ2n) is 2.24. The van der Waals surface area contributed by atoms with E-state index in [0.29, 0.717) is 0 Å². The monoisotopic (exact) mass is 167 g/mol. The lowest BCUT2D eigenvalue weighted by molar-refractivity contribution is 0.0813. The summed E-state index contributed by atoms with van der Waals surface area (Å²) in [7, 11) is 0. The van der Waals surface area contributed by atoms with E-state index in [1.807, 2.05) is 0 Å². The van der Waals surface area contributed by atoms with Crippen LogP contribution in [0.25, 0.3) is 0 Å². The predicted molar refractivity (Wildman–Crippen MR) is 41.2 cm³/mol. The number of carbonyl (C=O) groups is 1. The minimum absolute atomic E-state index is 0.193. The Morgan fingerprint density at radius 3 is 2.92 bits per heavy atom. The van der Waals surface area contributed by atoms with Gasteiger partial charge in [-0.1, -0.05) is 0 Å². The van der Waals surface area contributed by atoms with Crippen LogP contribution in [-0.2, 0) is 0 Å². The van der Waals surface area contributed by atoms with E-state index in [9.17, 15) is 4.79 Å². The first-order valence-electron chi connectivity index (χ1n) is 3.45. The zero-order valence-corrected chi connectivity index (χ0v) is 6.56. The molecule has 0 aliphatic carbocycles. The van der Waals surface area contributed by atoms with E-state index in [4.69, 9.17) is 5.11 Å². The van der Waals surface area contributed by atoms with Crippen LogP contribution < -0.4 is 5.32 Å². The molecule has 1 unspecified atom stereocenters. The van der Waals surface area contributed by atoms with E-state index >= 15 is 0 Å². The fourth-order valence-corrected chi connectivity index (χ4v) is 0.680. The molecule has 1 amide bonds. The lowest BCUT2D eigenvalue weighted by Gasteiger charge is -2.05. The van der Waals surface area contributed by atoms with Gasteiger partial charge < -0.3 is 10.4 Å². The first kappa shape index (κ1) is 8.61. The number of nitrogens with zero attached hydrogens (tertiary/aromatic N) is 2. The van der Waals surface area contributed by atoms with E-state index in [1.165, 1.54) is 25.5 Å². The number of hydrogen-bond acceptors (Lipinski definition) is 4. The summed E-state index contributed by atoms with van der Waals surface area (Å²) in [6.07, 6.45) is 3.34. The molecule has 12 heavy (non-hydrogen) atoms. The molecule has 0 aromatic carbocycles. The Morgan fingerprint density at radius 1 is 1.67 bits per heavy atom. The van der Waals surface area contributed by atoms with Crippen LogP contribution >= 0.6 is 0 Å². The quantitative estimate of drug-likeness (QED) is 0.585. The van der Waals surface area contributed by atoms with Gasteiger partial charge >= 0.3 is 0 Å². The highest BCUT2D eigenvalue weighted by Gasteiger charge is 2.07. The number of aliphatic hydroxyl groups excluding tert-OH is 1.